The second-order valence-corrected chi connectivity index (χ2v) is 17.1. The molecule has 9 atom stereocenters. The second kappa shape index (κ2) is 26.8. The molecule has 0 unspecified atom stereocenters. The Morgan fingerprint density at radius 1 is 0.594 bits per heavy atom. The Labute approximate surface area is 398 Å². The van der Waals surface area contributed by atoms with E-state index in [2.05, 4.69) is 42.5 Å². The molecular formula is C46H63N9O14. The second-order valence-electron chi connectivity index (χ2n) is 17.1. The van der Waals surface area contributed by atoms with E-state index in [9.17, 15) is 68.1 Å². The van der Waals surface area contributed by atoms with Gasteiger partial charge in [0.2, 0.25) is 53.2 Å². The van der Waals surface area contributed by atoms with Gasteiger partial charge in [0.1, 0.15) is 48.3 Å². The molecule has 2 aromatic rings. The van der Waals surface area contributed by atoms with Gasteiger partial charge in [-0.25, -0.2) is 4.79 Å². The summed E-state index contributed by atoms with van der Waals surface area (Å²) in [5.74, 6) is -11.0. The number of carbonyl (C=O) groups excluding carboxylic acids is 9. The Hall–Kier alpha value is -7.43. The number of carboxylic acid groups (broad SMARTS) is 2. The van der Waals surface area contributed by atoms with Crippen molar-refractivity contribution in [2.24, 2.45) is 5.92 Å². The lowest BCUT2D eigenvalue weighted by Gasteiger charge is -2.28. The maximum atomic E-state index is 13.6. The third-order valence-corrected chi connectivity index (χ3v) is 11.0. The zero-order chi connectivity index (χ0) is 51.5. The Morgan fingerprint density at radius 3 is 1.61 bits per heavy atom. The van der Waals surface area contributed by atoms with Gasteiger partial charge in [-0.05, 0) is 50.7 Å². The van der Waals surface area contributed by atoms with Crippen LogP contribution in [0.15, 0.2) is 60.7 Å². The van der Waals surface area contributed by atoms with Crippen LogP contribution < -0.4 is 42.5 Å². The van der Waals surface area contributed by atoms with E-state index in [1.54, 1.807) is 60.7 Å². The van der Waals surface area contributed by atoms with Crippen molar-refractivity contribution in [1.82, 2.24) is 47.4 Å². The molecule has 0 bridgehead atoms. The summed E-state index contributed by atoms with van der Waals surface area (Å²) in [5.41, 5.74) is 1.29. The van der Waals surface area contributed by atoms with E-state index in [-0.39, 0.29) is 18.7 Å². The number of nitrogens with zero attached hydrogens (tertiary/aromatic N) is 1. The van der Waals surface area contributed by atoms with Crippen LogP contribution in [-0.4, -0.2) is 153 Å². The molecule has 2 aromatic carbocycles. The van der Waals surface area contributed by atoms with E-state index < -0.39 is 133 Å². The molecule has 0 aromatic heterocycles. The predicted octanol–water partition coefficient (Wildman–Crippen LogP) is -2.37. The Bertz CT molecular complexity index is 2180. The standard InChI is InChI=1S/C46H63N9O14/c1-24(2)37(53-42(64)32(22-36(59)60)51-45(67)38(27(5)56)54-43(65)34-18-13-19-55(34)28(6)57)44(66)47-23-35(58)48-25(3)39(61)50-31(20-29-14-9-7-10-15-29)41(63)49-26(4)40(62)52-33(46(68)69)21-30-16-11-8-12-17-30/h7-12,14-17,24-27,31-34,37-38,56H,13,18-23H2,1-6H3,(H,47,66)(H,48,58)(H,49,63)(H,50,61)(H,51,67)(H,52,62)(H,53,64)(H,54,65)(H,59,60)(H,68,69)/t25-,26-,27+,31-,32-,33-,34-,37-,38-/m0/s1. The minimum atomic E-state index is -1.81. The monoisotopic (exact) mass is 965 g/mol. The van der Waals surface area contributed by atoms with Crippen LogP contribution in [-0.2, 0) is 65.6 Å². The van der Waals surface area contributed by atoms with E-state index in [0.717, 1.165) is 0 Å². The van der Waals surface area contributed by atoms with Gasteiger partial charge < -0.3 is 62.8 Å². The first-order valence-electron chi connectivity index (χ1n) is 22.4. The van der Waals surface area contributed by atoms with Gasteiger partial charge in [0.05, 0.1) is 19.1 Å². The van der Waals surface area contributed by atoms with Crippen molar-refractivity contribution in [3.63, 3.8) is 0 Å². The van der Waals surface area contributed by atoms with Crippen LogP contribution in [0.5, 0.6) is 0 Å². The van der Waals surface area contributed by atoms with Gasteiger partial charge in [-0.15, -0.1) is 0 Å². The molecule has 1 heterocycles. The van der Waals surface area contributed by atoms with Gasteiger partial charge in [-0.1, -0.05) is 74.5 Å². The quantitative estimate of drug-likeness (QED) is 0.0496. The lowest BCUT2D eigenvalue weighted by Crippen LogP contribution is -2.61. The average molecular weight is 966 g/mol. The lowest BCUT2D eigenvalue weighted by atomic mass is 10.0. The number of aliphatic hydroxyl groups is 1. The van der Waals surface area contributed by atoms with Gasteiger partial charge in [-0.2, -0.15) is 0 Å². The van der Waals surface area contributed by atoms with Crippen LogP contribution in [0.1, 0.15) is 71.9 Å². The average Bonchev–Trinajstić information content (AvgIpc) is 3.79. The zero-order valence-corrected chi connectivity index (χ0v) is 39.3. The van der Waals surface area contributed by atoms with Crippen molar-refractivity contribution in [2.45, 2.75) is 128 Å². The first kappa shape index (κ1) is 55.9. The van der Waals surface area contributed by atoms with Crippen molar-refractivity contribution in [3.05, 3.63) is 71.8 Å². The molecule has 1 fully saturated rings. The number of aliphatic carboxylic acids is 2. The Kier molecular flexibility index (Phi) is 21.7. The Balaban J connectivity index is 1.62. The predicted molar refractivity (Wildman–Crippen MR) is 245 cm³/mol. The molecule has 69 heavy (non-hydrogen) atoms. The van der Waals surface area contributed by atoms with Gasteiger partial charge >= 0.3 is 11.9 Å². The molecule has 1 aliphatic heterocycles. The van der Waals surface area contributed by atoms with Crippen LogP contribution in [0.2, 0.25) is 0 Å². The molecule has 23 nitrogen and oxygen atoms in total. The first-order chi connectivity index (χ1) is 32.5. The first-order valence-corrected chi connectivity index (χ1v) is 22.4. The summed E-state index contributed by atoms with van der Waals surface area (Å²) in [5, 5.41) is 48.8. The molecule has 0 radical (unpaired) electrons. The minimum Gasteiger partial charge on any atom is -0.481 e. The van der Waals surface area contributed by atoms with Gasteiger partial charge in [0.15, 0.2) is 0 Å². The minimum absolute atomic E-state index is 0.0180. The van der Waals surface area contributed by atoms with Crippen LogP contribution in [0, 0.1) is 5.92 Å². The number of carbonyl (C=O) groups is 11. The topological polar surface area (TPSA) is 348 Å². The van der Waals surface area contributed by atoms with Crippen molar-refractivity contribution >= 4 is 65.1 Å². The highest BCUT2D eigenvalue weighted by molar-refractivity contribution is 5.98. The number of benzene rings is 2. The molecule has 376 valence electrons. The largest absolute Gasteiger partial charge is 0.481 e. The number of likely N-dealkylation sites (tertiary alicyclic amines) is 1. The highest BCUT2D eigenvalue weighted by atomic mass is 16.4. The smallest absolute Gasteiger partial charge is 0.326 e. The number of nitrogens with one attached hydrogen (secondary N) is 8. The molecule has 0 spiro atoms. The van der Waals surface area contributed by atoms with Crippen LogP contribution in [0.3, 0.4) is 0 Å². The molecule has 9 amide bonds. The molecule has 0 saturated carbocycles. The molecule has 0 aliphatic carbocycles. The van der Waals surface area contributed by atoms with Crippen molar-refractivity contribution in [3.8, 4) is 0 Å². The summed E-state index contributed by atoms with van der Waals surface area (Å²) >= 11 is 0. The van der Waals surface area contributed by atoms with E-state index in [0.29, 0.717) is 30.5 Å². The van der Waals surface area contributed by atoms with Crippen LogP contribution in [0.25, 0.3) is 0 Å². The maximum Gasteiger partial charge on any atom is 0.326 e. The highest BCUT2D eigenvalue weighted by Gasteiger charge is 2.38. The van der Waals surface area contributed by atoms with E-state index in [1.165, 1.54) is 46.4 Å². The van der Waals surface area contributed by atoms with Crippen molar-refractivity contribution < 1.29 is 68.1 Å². The summed E-state index contributed by atoms with van der Waals surface area (Å²) < 4.78 is 0. The zero-order valence-electron chi connectivity index (χ0n) is 39.3. The number of hydrogen-bond donors (Lipinski definition) is 11. The molecular weight excluding hydrogens is 903 g/mol. The number of rotatable bonds is 25. The van der Waals surface area contributed by atoms with Gasteiger partial charge in [0.25, 0.3) is 0 Å². The van der Waals surface area contributed by atoms with Crippen LogP contribution in [0.4, 0.5) is 0 Å². The number of amides is 9. The molecule has 1 saturated heterocycles. The van der Waals surface area contributed by atoms with E-state index in [4.69, 9.17) is 0 Å². The fraction of sp³-hybridized carbons (Fsp3) is 0.500. The number of hydrogen-bond acceptors (Lipinski definition) is 12. The van der Waals surface area contributed by atoms with Crippen molar-refractivity contribution in [2.75, 3.05) is 13.1 Å². The summed E-state index contributed by atoms with van der Waals surface area (Å²) in [7, 11) is 0. The fourth-order valence-corrected chi connectivity index (χ4v) is 7.22. The van der Waals surface area contributed by atoms with E-state index >= 15 is 0 Å². The van der Waals surface area contributed by atoms with Crippen molar-refractivity contribution in [1.29, 1.82) is 0 Å². The number of aliphatic hydroxyl groups excluding tert-OH is 1. The normalized spacial score (nSPS) is 16.6. The SMILES string of the molecule is CC(=O)N1CCC[C@H]1C(=O)N[C@H](C(=O)N[C@@H](CC(=O)O)C(=O)N[C@H](C(=O)NCC(=O)N[C@@H](C)C(=O)N[C@@H](Cc1ccccc1)C(=O)N[C@@H](C)C(=O)N[C@@H](Cc1ccccc1)C(=O)O)C(C)C)[C@@H](C)O. The van der Waals surface area contributed by atoms with Gasteiger partial charge in [0, 0.05) is 26.3 Å². The summed E-state index contributed by atoms with van der Waals surface area (Å²) in [6.45, 7) is 7.76. The Morgan fingerprint density at radius 2 is 1.10 bits per heavy atom. The molecule has 23 heteroatoms. The summed E-state index contributed by atoms with van der Waals surface area (Å²) in [4.78, 5) is 143. The molecule has 11 N–H and O–H groups in total. The fourth-order valence-electron chi connectivity index (χ4n) is 7.22. The van der Waals surface area contributed by atoms with Crippen LogP contribution >= 0.6 is 0 Å². The molecule has 1 aliphatic rings. The lowest BCUT2D eigenvalue weighted by molar-refractivity contribution is -0.142. The van der Waals surface area contributed by atoms with E-state index in [1.807, 2.05) is 0 Å². The third kappa shape index (κ3) is 18.0. The third-order valence-electron chi connectivity index (χ3n) is 11.0. The van der Waals surface area contributed by atoms with Gasteiger partial charge in [-0.3, -0.25) is 47.9 Å². The summed E-state index contributed by atoms with van der Waals surface area (Å²) in [6, 6.07) is 6.26. The highest BCUT2D eigenvalue weighted by Crippen LogP contribution is 2.18. The molecule has 3 rings (SSSR count). The number of carboxylic acids is 2. The maximum absolute atomic E-state index is 13.6. The summed E-state index contributed by atoms with van der Waals surface area (Å²) in [6.07, 6.45) is -1.74.